The van der Waals surface area contributed by atoms with Crippen molar-refractivity contribution in [1.29, 1.82) is 0 Å². The number of carboxylic acids is 1. The summed E-state index contributed by atoms with van der Waals surface area (Å²) in [5.41, 5.74) is 2.72. The van der Waals surface area contributed by atoms with Crippen LogP contribution >= 0.6 is 0 Å². The molecule has 0 radical (unpaired) electrons. The Morgan fingerprint density at radius 2 is 1.50 bits per heavy atom. The summed E-state index contributed by atoms with van der Waals surface area (Å²) in [6.07, 6.45) is 0. The van der Waals surface area contributed by atoms with Crippen LogP contribution in [-0.2, 0) is 4.79 Å². The Morgan fingerprint density at radius 1 is 1.12 bits per heavy atom. The lowest BCUT2D eigenvalue weighted by Gasteiger charge is -2.12. The second-order valence-corrected chi connectivity index (χ2v) is 3.11. The monoisotopic (exact) mass is 237 g/mol. The number of carboxylic acid groups (broad SMARTS) is 1. The molecule has 0 aliphatic rings. The molecule has 0 amide bonds. The summed E-state index contributed by atoms with van der Waals surface area (Å²) in [5, 5.41) is 8.43. The molecule has 3 nitrogen and oxygen atoms in total. The van der Waals surface area contributed by atoms with Crippen LogP contribution in [0.2, 0.25) is 0 Å². The first-order valence-corrected chi connectivity index (χ1v) is 4.09. The zero-order chi connectivity index (χ0) is 12.6. The Bertz CT molecular complexity index is 432. The molecule has 3 N–H and O–H groups in total. The second kappa shape index (κ2) is 4.09. The van der Waals surface area contributed by atoms with E-state index in [1.54, 1.807) is 0 Å². The molecule has 0 heterocycles. The smallest absolute Gasteiger partial charge is 0.325 e. The number of carbonyl (C=O) groups is 1. The third-order valence-corrected chi connectivity index (χ3v) is 2.09. The largest absolute Gasteiger partial charge is 0.480 e. The topological polar surface area (TPSA) is 63.3 Å². The molecule has 0 saturated carbocycles. The minimum Gasteiger partial charge on any atom is -0.480 e. The standard InChI is InChI=1S/C9H7F4NO2/c1-2-4(10)6(12)3(7(13)5(2)11)8(14)9(15)16/h8H,14H2,1H3,(H,15,16)/t8-/m0/s1. The molecule has 0 fully saturated rings. The van der Waals surface area contributed by atoms with E-state index in [9.17, 15) is 22.4 Å². The van der Waals surface area contributed by atoms with Gasteiger partial charge in [0.05, 0.1) is 5.56 Å². The minimum absolute atomic E-state index is 0.826. The normalized spacial score (nSPS) is 12.6. The average Bonchev–Trinajstić information content (AvgIpc) is 2.23. The Labute approximate surface area is 87.5 Å². The Hall–Kier alpha value is -1.63. The highest BCUT2D eigenvalue weighted by Crippen LogP contribution is 2.27. The number of nitrogens with two attached hydrogens (primary N) is 1. The van der Waals surface area contributed by atoms with Crippen LogP contribution in [-0.4, -0.2) is 11.1 Å². The molecule has 0 saturated heterocycles. The molecule has 16 heavy (non-hydrogen) atoms. The van der Waals surface area contributed by atoms with E-state index in [-0.39, 0.29) is 0 Å². The molecule has 0 bridgehead atoms. The summed E-state index contributed by atoms with van der Waals surface area (Å²) >= 11 is 0. The lowest BCUT2D eigenvalue weighted by Crippen LogP contribution is -2.25. The first kappa shape index (κ1) is 12.4. The third-order valence-electron chi connectivity index (χ3n) is 2.09. The van der Waals surface area contributed by atoms with Gasteiger partial charge in [-0.05, 0) is 6.92 Å². The number of halogens is 4. The molecular formula is C9H7F4NO2. The van der Waals surface area contributed by atoms with Crippen molar-refractivity contribution >= 4 is 5.97 Å². The van der Waals surface area contributed by atoms with Crippen molar-refractivity contribution in [2.75, 3.05) is 0 Å². The SMILES string of the molecule is Cc1c(F)c(F)c([C@H](N)C(=O)O)c(F)c1F. The van der Waals surface area contributed by atoms with E-state index in [2.05, 4.69) is 0 Å². The second-order valence-electron chi connectivity index (χ2n) is 3.11. The number of rotatable bonds is 2. The van der Waals surface area contributed by atoms with Crippen LogP contribution < -0.4 is 5.73 Å². The Kier molecular flexibility index (Phi) is 3.18. The van der Waals surface area contributed by atoms with Gasteiger partial charge in [-0.2, -0.15) is 0 Å². The maximum absolute atomic E-state index is 13.2. The van der Waals surface area contributed by atoms with Crippen LogP contribution in [0.3, 0.4) is 0 Å². The van der Waals surface area contributed by atoms with Gasteiger partial charge in [-0.25, -0.2) is 17.6 Å². The minimum atomic E-state index is -2.16. The van der Waals surface area contributed by atoms with Gasteiger partial charge in [0.2, 0.25) is 0 Å². The van der Waals surface area contributed by atoms with Gasteiger partial charge >= 0.3 is 5.97 Å². The molecule has 88 valence electrons. The lowest BCUT2D eigenvalue weighted by molar-refractivity contribution is -0.138. The van der Waals surface area contributed by atoms with Gasteiger partial charge < -0.3 is 10.8 Å². The molecule has 0 aliphatic heterocycles. The zero-order valence-corrected chi connectivity index (χ0v) is 8.02. The third kappa shape index (κ3) is 1.73. The van der Waals surface area contributed by atoms with E-state index in [0.29, 0.717) is 0 Å². The van der Waals surface area contributed by atoms with Crippen molar-refractivity contribution in [2.24, 2.45) is 5.73 Å². The maximum Gasteiger partial charge on any atom is 0.325 e. The lowest BCUT2D eigenvalue weighted by atomic mass is 10.0. The Balaban J connectivity index is 3.57. The highest BCUT2D eigenvalue weighted by molar-refractivity contribution is 5.75. The van der Waals surface area contributed by atoms with Crippen LogP contribution in [0.5, 0.6) is 0 Å². The molecule has 0 aromatic heterocycles. The van der Waals surface area contributed by atoms with Crippen LogP contribution in [0, 0.1) is 30.2 Å². The highest BCUT2D eigenvalue weighted by Gasteiger charge is 2.29. The van der Waals surface area contributed by atoms with Gasteiger partial charge in [0.15, 0.2) is 23.3 Å². The van der Waals surface area contributed by atoms with Gasteiger partial charge in [0, 0.05) is 5.56 Å². The van der Waals surface area contributed by atoms with Crippen LogP contribution in [0.1, 0.15) is 17.2 Å². The van der Waals surface area contributed by atoms with Crippen molar-refractivity contribution in [1.82, 2.24) is 0 Å². The van der Waals surface area contributed by atoms with Crippen molar-refractivity contribution in [3.8, 4) is 0 Å². The molecule has 1 aromatic carbocycles. The highest BCUT2D eigenvalue weighted by atomic mass is 19.2. The van der Waals surface area contributed by atoms with Gasteiger partial charge in [0.25, 0.3) is 0 Å². The summed E-state index contributed by atoms with van der Waals surface area (Å²) in [4.78, 5) is 10.4. The number of benzene rings is 1. The zero-order valence-electron chi connectivity index (χ0n) is 8.02. The predicted octanol–water partition coefficient (Wildman–Crippen LogP) is 1.64. The summed E-state index contributed by atoms with van der Waals surface area (Å²) in [6.45, 7) is 0.826. The van der Waals surface area contributed by atoms with E-state index >= 15 is 0 Å². The molecule has 0 aliphatic carbocycles. The quantitative estimate of drug-likeness (QED) is 0.607. The van der Waals surface area contributed by atoms with Gasteiger partial charge in [-0.15, -0.1) is 0 Å². The van der Waals surface area contributed by atoms with Gasteiger partial charge in [-0.3, -0.25) is 4.79 Å². The summed E-state index contributed by atoms with van der Waals surface area (Å²) in [5.74, 6) is -8.66. The number of hydrogen-bond acceptors (Lipinski definition) is 2. The fraction of sp³-hybridized carbons (Fsp3) is 0.222. The predicted molar refractivity (Wildman–Crippen MR) is 45.6 cm³/mol. The van der Waals surface area contributed by atoms with Crippen molar-refractivity contribution in [2.45, 2.75) is 13.0 Å². The molecule has 0 unspecified atom stereocenters. The number of aliphatic carboxylic acids is 1. The van der Waals surface area contributed by atoms with E-state index in [4.69, 9.17) is 10.8 Å². The van der Waals surface area contributed by atoms with Crippen molar-refractivity contribution < 1.29 is 27.5 Å². The van der Waals surface area contributed by atoms with E-state index in [1.165, 1.54) is 0 Å². The first-order chi connectivity index (χ1) is 7.29. The molecule has 0 spiro atoms. The van der Waals surface area contributed by atoms with Crippen molar-refractivity contribution in [3.63, 3.8) is 0 Å². The molecule has 1 aromatic rings. The molecule has 1 rings (SSSR count). The maximum atomic E-state index is 13.2. The number of hydrogen-bond donors (Lipinski definition) is 2. The summed E-state index contributed by atoms with van der Waals surface area (Å²) < 4.78 is 52.4. The fourth-order valence-electron chi connectivity index (χ4n) is 1.15. The van der Waals surface area contributed by atoms with E-state index in [1.807, 2.05) is 0 Å². The average molecular weight is 237 g/mol. The van der Waals surface area contributed by atoms with Gasteiger partial charge in [0.1, 0.15) is 6.04 Å². The van der Waals surface area contributed by atoms with Crippen LogP contribution in [0.25, 0.3) is 0 Å². The van der Waals surface area contributed by atoms with Crippen molar-refractivity contribution in [3.05, 3.63) is 34.4 Å². The van der Waals surface area contributed by atoms with Crippen LogP contribution in [0.4, 0.5) is 17.6 Å². The fourth-order valence-corrected chi connectivity index (χ4v) is 1.15. The van der Waals surface area contributed by atoms with E-state index < -0.39 is 46.4 Å². The first-order valence-electron chi connectivity index (χ1n) is 4.09. The van der Waals surface area contributed by atoms with Gasteiger partial charge in [-0.1, -0.05) is 0 Å². The molecule has 1 atom stereocenters. The van der Waals surface area contributed by atoms with E-state index in [0.717, 1.165) is 6.92 Å². The Morgan fingerprint density at radius 3 is 1.81 bits per heavy atom. The summed E-state index contributed by atoms with van der Waals surface area (Å²) in [6, 6.07) is -2.16. The van der Waals surface area contributed by atoms with Crippen LogP contribution in [0.15, 0.2) is 0 Å². The molecular weight excluding hydrogens is 230 g/mol. The summed E-state index contributed by atoms with van der Waals surface area (Å²) in [7, 11) is 0. The molecule has 7 heteroatoms.